The summed E-state index contributed by atoms with van der Waals surface area (Å²) in [4.78, 5) is 14.1. The van der Waals surface area contributed by atoms with E-state index < -0.39 is 5.91 Å². The Morgan fingerprint density at radius 3 is 2.53 bits per heavy atom. The van der Waals surface area contributed by atoms with Crippen molar-refractivity contribution >= 4 is 11.6 Å². The van der Waals surface area contributed by atoms with Gasteiger partial charge >= 0.3 is 0 Å². The van der Waals surface area contributed by atoms with Crippen molar-refractivity contribution in [3.05, 3.63) is 58.9 Å². The highest BCUT2D eigenvalue weighted by Crippen LogP contribution is 2.30. The minimum Gasteiger partial charge on any atom is -0.496 e. The Labute approximate surface area is 189 Å². The Bertz CT molecular complexity index is 896. The number of benzene rings is 2. The molecule has 174 valence electrons. The lowest BCUT2D eigenvalue weighted by atomic mass is 9.88. The van der Waals surface area contributed by atoms with Gasteiger partial charge in [-0.15, -0.1) is 0 Å². The zero-order valence-electron chi connectivity index (χ0n) is 18.7. The van der Waals surface area contributed by atoms with E-state index in [1.54, 1.807) is 24.3 Å². The number of carbonyl (C=O) groups is 1. The van der Waals surface area contributed by atoms with E-state index in [0.29, 0.717) is 29.3 Å². The predicted molar refractivity (Wildman–Crippen MR) is 124 cm³/mol. The number of primary amides is 1. The number of nitrogens with two attached hydrogens (primary N) is 2. The molecule has 1 saturated heterocycles. The molecule has 32 heavy (non-hydrogen) atoms. The number of hydrogen-bond donors (Lipinski definition) is 3. The van der Waals surface area contributed by atoms with E-state index in [-0.39, 0.29) is 11.9 Å². The standard InChI is InChI=1S/C25H34FN3O3/c1-32-24-16-23(27)19(15-22(24)25(28)31)14-18-8-11-29(12-9-18)13-10-21(30)7-4-17-2-5-20(26)6-3-17/h2-3,5-6,15-16,18,21,30H,4,7-14,27H2,1H3,(H2,28,31). The molecule has 6 nitrogen and oxygen atoms in total. The summed E-state index contributed by atoms with van der Waals surface area (Å²) >= 11 is 0. The molecule has 1 atom stereocenters. The first-order valence-electron chi connectivity index (χ1n) is 11.3. The average molecular weight is 444 g/mol. The van der Waals surface area contributed by atoms with Gasteiger partial charge in [-0.1, -0.05) is 12.1 Å². The van der Waals surface area contributed by atoms with E-state index in [1.165, 1.54) is 19.2 Å². The largest absolute Gasteiger partial charge is 0.496 e. The van der Waals surface area contributed by atoms with E-state index in [2.05, 4.69) is 4.90 Å². The Morgan fingerprint density at radius 2 is 1.91 bits per heavy atom. The molecule has 0 radical (unpaired) electrons. The van der Waals surface area contributed by atoms with Crippen LogP contribution in [0, 0.1) is 11.7 Å². The maximum absolute atomic E-state index is 13.0. The first kappa shape index (κ1) is 24.0. The molecule has 1 unspecified atom stereocenters. The zero-order valence-corrected chi connectivity index (χ0v) is 18.7. The van der Waals surface area contributed by atoms with Crippen molar-refractivity contribution in [1.82, 2.24) is 4.90 Å². The molecule has 0 aliphatic carbocycles. The van der Waals surface area contributed by atoms with Crippen LogP contribution in [0.15, 0.2) is 36.4 Å². The van der Waals surface area contributed by atoms with Crippen molar-refractivity contribution in [1.29, 1.82) is 0 Å². The molecular weight excluding hydrogens is 409 g/mol. The van der Waals surface area contributed by atoms with Gasteiger partial charge in [-0.2, -0.15) is 0 Å². The van der Waals surface area contributed by atoms with Gasteiger partial charge in [0, 0.05) is 18.3 Å². The van der Waals surface area contributed by atoms with Crippen LogP contribution in [0.25, 0.3) is 0 Å². The van der Waals surface area contributed by atoms with Gasteiger partial charge in [0.1, 0.15) is 11.6 Å². The number of aliphatic hydroxyl groups excluding tert-OH is 1. The second-order valence-electron chi connectivity index (χ2n) is 8.71. The SMILES string of the molecule is COc1cc(N)c(CC2CCN(CCC(O)CCc3ccc(F)cc3)CC2)cc1C(N)=O. The van der Waals surface area contributed by atoms with Gasteiger partial charge in [-0.3, -0.25) is 4.79 Å². The summed E-state index contributed by atoms with van der Waals surface area (Å²) < 4.78 is 18.2. The van der Waals surface area contributed by atoms with Gasteiger partial charge in [0.15, 0.2) is 0 Å². The summed E-state index contributed by atoms with van der Waals surface area (Å²) in [5, 5.41) is 10.3. The van der Waals surface area contributed by atoms with Crippen molar-refractivity contribution in [3.8, 4) is 5.75 Å². The number of hydrogen-bond acceptors (Lipinski definition) is 5. The molecule has 1 aliphatic heterocycles. The fraction of sp³-hybridized carbons (Fsp3) is 0.480. The minimum atomic E-state index is -0.518. The number of ether oxygens (including phenoxy) is 1. The number of piperidine rings is 1. The topological polar surface area (TPSA) is 102 Å². The Hall–Kier alpha value is -2.64. The molecule has 1 heterocycles. The third-order valence-corrected chi connectivity index (χ3v) is 6.40. The van der Waals surface area contributed by atoms with Crippen molar-refractivity contribution < 1.29 is 19.0 Å². The molecule has 7 heteroatoms. The van der Waals surface area contributed by atoms with Crippen molar-refractivity contribution in [2.24, 2.45) is 11.7 Å². The van der Waals surface area contributed by atoms with Crippen molar-refractivity contribution in [2.75, 3.05) is 32.5 Å². The average Bonchev–Trinajstić information content (AvgIpc) is 2.79. The number of aryl methyl sites for hydroxylation is 1. The number of carbonyl (C=O) groups excluding carboxylic acids is 1. The van der Waals surface area contributed by atoms with Crippen molar-refractivity contribution in [2.45, 2.75) is 44.6 Å². The fourth-order valence-electron chi connectivity index (χ4n) is 4.36. The van der Waals surface area contributed by atoms with Gasteiger partial charge in [-0.05, 0) is 86.9 Å². The first-order valence-corrected chi connectivity index (χ1v) is 11.3. The lowest BCUT2D eigenvalue weighted by molar-refractivity contribution is 0.0997. The van der Waals surface area contributed by atoms with Crippen LogP contribution in [0.2, 0.25) is 0 Å². The summed E-state index contributed by atoms with van der Waals surface area (Å²) in [5.74, 6) is 0.147. The van der Waals surface area contributed by atoms with Gasteiger partial charge in [0.05, 0.1) is 18.8 Å². The number of likely N-dealkylation sites (tertiary alicyclic amines) is 1. The highest BCUT2D eigenvalue weighted by atomic mass is 19.1. The third-order valence-electron chi connectivity index (χ3n) is 6.40. The summed E-state index contributed by atoms with van der Waals surface area (Å²) in [7, 11) is 1.50. The second-order valence-corrected chi connectivity index (χ2v) is 8.71. The smallest absolute Gasteiger partial charge is 0.252 e. The number of aliphatic hydroxyl groups is 1. The van der Waals surface area contributed by atoms with E-state index in [1.807, 2.05) is 0 Å². The van der Waals surface area contributed by atoms with E-state index in [9.17, 15) is 14.3 Å². The van der Waals surface area contributed by atoms with Crippen LogP contribution in [0.5, 0.6) is 5.75 Å². The summed E-state index contributed by atoms with van der Waals surface area (Å²) in [6.07, 6.45) is 4.71. The van der Waals surface area contributed by atoms with Gasteiger partial charge in [0.25, 0.3) is 5.91 Å². The first-order chi connectivity index (χ1) is 15.4. The van der Waals surface area contributed by atoms with Crippen LogP contribution in [0.1, 0.15) is 47.2 Å². The lowest BCUT2D eigenvalue weighted by Gasteiger charge is -2.32. The predicted octanol–water partition coefficient (Wildman–Crippen LogP) is 3.15. The summed E-state index contributed by atoms with van der Waals surface area (Å²) in [5.41, 5.74) is 14.6. The molecule has 1 amide bonds. The molecular formula is C25H34FN3O3. The van der Waals surface area contributed by atoms with E-state index in [4.69, 9.17) is 16.2 Å². The van der Waals surface area contributed by atoms with Gasteiger partial charge in [0.2, 0.25) is 0 Å². The quantitative estimate of drug-likeness (QED) is 0.490. The van der Waals surface area contributed by atoms with Gasteiger partial charge in [-0.25, -0.2) is 4.39 Å². The summed E-state index contributed by atoms with van der Waals surface area (Å²) in [6, 6.07) is 9.90. The Balaban J connectivity index is 1.42. The van der Waals surface area contributed by atoms with E-state index in [0.717, 1.165) is 62.9 Å². The number of nitrogen functional groups attached to an aromatic ring is 1. The minimum absolute atomic E-state index is 0.235. The maximum Gasteiger partial charge on any atom is 0.252 e. The number of methoxy groups -OCH3 is 1. The molecule has 0 aromatic heterocycles. The van der Waals surface area contributed by atoms with Crippen LogP contribution in [0.3, 0.4) is 0 Å². The van der Waals surface area contributed by atoms with Crippen LogP contribution in [0.4, 0.5) is 10.1 Å². The number of halogens is 1. The Kier molecular flexibility index (Phi) is 8.47. The molecule has 0 spiro atoms. The van der Waals surface area contributed by atoms with Crippen LogP contribution < -0.4 is 16.2 Å². The number of amides is 1. The normalized spacial score (nSPS) is 16.1. The number of anilines is 1. The second kappa shape index (κ2) is 11.3. The lowest BCUT2D eigenvalue weighted by Crippen LogP contribution is -2.36. The molecule has 5 N–H and O–H groups in total. The number of rotatable bonds is 10. The molecule has 2 aromatic rings. The van der Waals surface area contributed by atoms with E-state index >= 15 is 0 Å². The van der Waals surface area contributed by atoms with Gasteiger partial charge < -0.3 is 26.2 Å². The molecule has 0 saturated carbocycles. The zero-order chi connectivity index (χ0) is 23.1. The molecule has 0 bridgehead atoms. The fourth-order valence-corrected chi connectivity index (χ4v) is 4.36. The monoisotopic (exact) mass is 443 g/mol. The van der Waals surface area contributed by atoms with Crippen LogP contribution in [-0.4, -0.2) is 48.8 Å². The molecule has 2 aromatic carbocycles. The summed E-state index contributed by atoms with van der Waals surface area (Å²) in [6.45, 7) is 2.83. The maximum atomic E-state index is 13.0. The third kappa shape index (κ3) is 6.68. The Morgan fingerprint density at radius 1 is 1.22 bits per heavy atom. The number of nitrogens with zero attached hydrogens (tertiary/aromatic N) is 1. The molecule has 1 fully saturated rings. The van der Waals surface area contributed by atoms with Crippen LogP contribution in [-0.2, 0) is 12.8 Å². The molecule has 3 rings (SSSR count). The highest BCUT2D eigenvalue weighted by Gasteiger charge is 2.22. The highest BCUT2D eigenvalue weighted by molar-refractivity contribution is 5.96. The van der Waals surface area contributed by atoms with Crippen LogP contribution >= 0.6 is 0 Å². The van der Waals surface area contributed by atoms with Crippen molar-refractivity contribution in [3.63, 3.8) is 0 Å². The molecule has 1 aliphatic rings.